The molecule has 112 valence electrons. The summed E-state index contributed by atoms with van der Waals surface area (Å²) in [5.41, 5.74) is 0.519. The molecule has 4 nitrogen and oxygen atoms in total. The summed E-state index contributed by atoms with van der Waals surface area (Å²) >= 11 is 3.23. The number of anilines is 1. The molecule has 0 aliphatic rings. The normalized spacial score (nSPS) is 10.4. The number of benzene rings is 1. The first-order chi connectivity index (χ1) is 9.60. The molecule has 1 aromatic carbocycles. The fraction of sp³-hybridized carbons (Fsp3) is 0.500. The monoisotopic (exact) mass is 347 g/mol. The number of methoxy groups -OCH3 is 1. The van der Waals surface area contributed by atoms with Crippen LogP contribution in [-0.4, -0.2) is 31.3 Å². The summed E-state index contributed by atoms with van der Waals surface area (Å²) in [5, 5.41) is 11.6. The van der Waals surface area contributed by atoms with E-state index in [1.807, 2.05) is 0 Å². The quantitative estimate of drug-likeness (QED) is 0.559. The van der Waals surface area contributed by atoms with E-state index in [9.17, 15) is 9.18 Å². The zero-order chi connectivity index (χ0) is 15.0. The minimum Gasteiger partial charge on any atom is -0.465 e. The zero-order valence-electron chi connectivity index (χ0n) is 11.4. The topological polar surface area (TPSA) is 58.6 Å². The Labute approximate surface area is 126 Å². The van der Waals surface area contributed by atoms with Crippen LogP contribution in [0, 0.1) is 5.82 Å². The fourth-order valence-corrected chi connectivity index (χ4v) is 2.27. The molecule has 20 heavy (non-hydrogen) atoms. The van der Waals surface area contributed by atoms with Gasteiger partial charge in [0.15, 0.2) is 0 Å². The van der Waals surface area contributed by atoms with E-state index in [4.69, 9.17) is 5.11 Å². The van der Waals surface area contributed by atoms with Crippen LogP contribution < -0.4 is 5.32 Å². The van der Waals surface area contributed by atoms with Crippen molar-refractivity contribution in [1.82, 2.24) is 0 Å². The largest absolute Gasteiger partial charge is 0.465 e. The van der Waals surface area contributed by atoms with Gasteiger partial charge >= 0.3 is 5.97 Å². The molecule has 0 atom stereocenters. The van der Waals surface area contributed by atoms with Gasteiger partial charge in [0.25, 0.3) is 0 Å². The van der Waals surface area contributed by atoms with Crippen molar-refractivity contribution in [1.29, 1.82) is 0 Å². The number of aliphatic hydroxyl groups is 1. The molecule has 0 aromatic heterocycles. The predicted molar refractivity (Wildman–Crippen MR) is 79.5 cm³/mol. The summed E-state index contributed by atoms with van der Waals surface area (Å²) in [6.07, 6.45) is 3.64. The highest BCUT2D eigenvalue weighted by atomic mass is 79.9. The van der Waals surface area contributed by atoms with Crippen LogP contribution in [0.3, 0.4) is 0 Å². The molecule has 0 radical (unpaired) electrons. The van der Waals surface area contributed by atoms with Crippen LogP contribution in [0.4, 0.5) is 10.1 Å². The molecule has 0 bridgehead atoms. The Balaban J connectivity index is 2.55. The lowest BCUT2D eigenvalue weighted by Crippen LogP contribution is -2.07. The third-order valence-corrected chi connectivity index (χ3v) is 3.52. The van der Waals surface area contributed by atoms with Crippen molar-refractivity contribution in [2.24, 2.45) is 0 Å². The molecule has 1 aromatic rings. The second-order valence-electron chi connectivity index (χ2n) is 4.37. The Morgan fingerprint density at radius 3 is 2.70 bits per heavy atom. The third kappa shape index (κ3) is 5.09. The zero-order valence-corrected chi connectivity index (χ0v) is 13.0. The van der Waals surface area contributed by atoms with Gasteiger partial charge in [0.1, 0.15) is 5.82 Å². The Bertz CT molecular complexity index is 454. The number of hydrogen-bond donors (Lipinski definition) is 2. The summed E-state index contributed by atoms with van der Waals surface area (Å²) < 4.78 is 18.9. The maximum Gasteiger partial charge on any atom is 0.339 e. The van der Waals surface area contributed by atoms with E-state index in [1.54, 1.807) is 0 Å². The van der Waals surface area contributed by atoms with Gasteiger partial charge in [0, 0.05) is 17.6 Å². The smallest absolute Gasteiger partial charge is 0.339 e. The van der Waals surface area contributed by atoms with E-state index >= 15 is 0 Å². The molecule has 0 unspecified atom stereocenters. The number of halogens is 2. The molecule has 0 amide bonds. The molecule has 6 heteroatoms. The highest BCUT2D eigenvalue weighted by molar-refractivity contribution is 9.10. The summed E-state index contributed by atoms with van der Waals surface area (Å²) in [6.45, 7) is 0.857. The molecule has 2 N–H and O–H groups in total. The lowest BCUT2D eigenvalue weighted by molar-refractivity contribution is 0.0599. The Kier molecular flexibility index (Phi) is 7.54. The predicted octanol–water partition coefficient (Wildman–Crippen LogP) is 3.34. The highest BCUT2D eigenvalue weighted by Crippen LogP contribution is 2.25. The average molecular weight is 348 g/mol. The molecule has 0 spiro atoms. The lowest BCUT2D eigenvalue weighted by atomic mass is 10.1. The number of rotatable bonds is 8. The number of aliphatic hydroxyl groups excluding tert-OH is 1. The van der Waals surface area contributed by atoms with E-state index in [-0.39, 0.29) is 12.2 Å². The second-order valence-corrected chi connectivity index (χ2v) is 5.22. The van der Waals surface area contributed by atoms with Crippen LogP contribution in [-0.2, 0) is 4.74 Å². The van der Waals surface area contributed by atoms with Crippen molar-refractivity contribution >= 4 is 27.6 Å². The van der Waals surface area contributed by atoms with Gasteiger partial charge < -0.3 is 15.2 Å². The van der Waals surface area contributed by atoms with Crippen molar-refractivity contribution < 1.29 is 19.0 Å². The Hall–Kier alpha value is -1.14. The van der Waals surface area contributed by atoms with E-state index in [0.29, 0.717) is 16.7 Å². The summed E-state index contributed by atoms with van der Waals surface area (Å²) in [5.74, 6) is -1.06. The van der Waals surface area contributed by atoms with E-state index in [1.165, 1.54) is 13.2 Å². The molecule has 0 saturated heterocycles. The summed E-state index contributed by atoms with van der Waals surface area (Å²) in [7, 11) is 1.26. The number of unbranched alkanes of at least 4 members (excludes halogenated alkanes) is 3. The molecule has 0 fully saturated rings. The fourth-order valence-electron chi connectivity index (χ4n) is 1.76. The van der Waals surface area contributed by atoms with Crippen molar-refractivity contribution in [3.63, 3.8) is 0 Å². The first-order valence-corrected chi connectivity index (χ1v) is 7.31. The van der Waals surface area contributed by atoms with Crippen LogP contribution in [0.2, 0.25) is 0 Å². The van der Waals surface area contributed by atoms with Gasteiger partial charge in [0.2, 0.25) is 0 Å². The maximum absolute atomic E-state index is 13.8. The number of nitrogens with one attached hydrogen (secondary N) is 1. The minimum atomic E-state index is -0.577. The standard InChI is InChI=1S/C14H19BrFNO3/c1-20-14(19)10-8-12(16)13(9-11(10)15)17-6-4-2-3-5-7-18/h8-9,17-18H,2-7H2,1H3. The van der Waals surface area contributed by atoms with E-state index in [2.05, 4.69) is 26.0 Å². The van der Waals surface area contributed by atoms with Crippen LogP contribution in [0.5, 0.6) is 0 Å². The van der Waals surface area contributed by atoms with Gasteiger partial charge in [-0.05, 0) is 40.9 Å². The van der Waals surface area contributed by atoms with Gasteiger partial charge in [-0.3, -0.25) is 0 Å². The molecule has 1 rings (SSSR count). The van der Waals surface area contributed by atoms with E-state index in [0.717, 1.165) is 31.7 Å². The molecule has 0 heterocycles. The van der Waals surface area contributed by atoms with Gasteiger partial charge in [0.05, 0.1) is 18.4 Å². The van der Waals surface area contributed by atoms with Crippen molar-refractivity contribution in [3.05, 3.63) is 28.0 Å². The van der Waals surface area contributed by atoms with Crippen molar-refractivity contribution in [2.45, 2.75) is 25.7 Å². The average Bonchev–Trinajstić information content (AvgIpc) is 2.44. The number of ether oxygens (including phenoxy) is 1. The number of carbonyl (C=O) groups is 1. The minimum absolute atomic E-state index is 0.165. The van der Waals surface area contributed by atoms with Crippen LogP contribution in [0.1, 0.15) is 36.0 Å². The molecule has 0 aliphatic carbocycles. The third-order valence-electron chi connectivity index (χ3n) is 2.86. The lowest BCUT2D eigenvalue weighted by Gasteiger charge is -2.10. The van der Waals surface area contributed by atoms with Gasteiger partial charge in [-0.15, -0.1) is 0 Å². The summed E-state index contributed by atoms with van der Waals surface area (Å²) in [4.78, 5) is 11.4. The Morgan fingerprint density at radius 2 is 2.05 bits per heavy atom. The molecular formula is C14H19BrFNO3. The number of carbonyl (C=O) groups excluding carboxylic acids is 1. The maximum atomic E-state index is 13.8. The molecule has 0 saturated carbocycles. The van der Waals surface area contributed by atoms with Crippen molar-refractivity contribution in [2.75, 3.05) is 25.6 Å². The first kappa shape index (κ1) is 16.9. The van der Waals surface area contributed by atoms with E-state index < -0.39 is 11.8 Å². The number of hydrogen-bond acceptors (Lipinski definition) is 4. The molecule has 0 aliphatic heterocycles. The Morgan fingerprint density at radius 1 is 1.35 bits per heavy atom. The van der Waals surface area contributed by atoms with Crippen LogP contribution in [0.15, 0.2) is 16.6 Å². The van der Waals surface area contributed by atoms with Gasteiger partial charge in [-0.1, -0.05) is 12.8 Å². The second kappa shape index (κ2) is 8.92. The van der Waals surface area contributed by atoms with Gasteiger partial charge in [-0.2, -0.15) is 0 Å². The van der Waals surface area contributed by atoms with Crippen LogP contribution in [0.25, 0.3) is 0 Å². The SMILES string of the molecule is COC(=O)c1cc(F)c(NCCCCCCO)cc1Br. The first-order valence-electron chi connectivity index (χ1n) is 6.52. The number of esters is 1. The van der Waals surface area contributed by atoms with Crippen molar-refractivity contribution in [3.8, 4) is 0 Å². The summed E-state index contributed by atoms with van der Waals surface area (Å²) in [6, 6.07) is 2.69. The van der Waals surface area contributed by atoms with Gasteiger partial charge in [-0.25, -0.2) is 9.18 Å². The van der Waals surface area contributed by atoms with Crippen LogP contribution >= 0.6 is 15.9 Å². The highest BCUT2D eigenvalue weighted by Gasteiger charge is 2.14. The molecular weight excluding hydrogens is 329 g/mol.